The Morgan fingerprint density at radius 1 is 1.21 bits per heavy atom. The summed E-state index contributed by atoms with van der Waals surface area (Å²) in [5.74, 6) is -0.627. The van der Waals surface area contributed by atoms with Crippen molar-refractivity contribution in [1.82, 2.24) is 10.6 Å². The molecule has 1 aliphatic carbocycles. The van der Waals surface area contributed by atoms with Gasteiger partial charge in [0.05, 0.1) is 5.56 Å². The van der Waals surface area contributed by atoms with Crippen molar-refractivity contribution in [3.8, 4) is 0 Å². The quantitative estimate of drug-likeness (QED) is 0.864. The number of benzene rings is 1. The van der Waals surface area contributed by atoms with Gasteiger partial charge in [0.15, 0.2) is 0 Å². The highest BCUT2D eigenvalue weighted by molar-refractivity contribution is 5.91. The van der Waals surface area contributed by atoms with Crippen LogP contribution in [0.1, 0.15) is 44.7 Å². The molecule has 0 bridgehead atoms. The molecule has 1 aromatic rings. The first kappa shape index (κ1) is 18.3. The lowest BCUT2D eigenvalue weighted by Gasteiger charge is -2.31. The third-order valence-electron chi connectivity index (χ3n) is 4.34. The number of nitrogens with one attached hydrogen (secondary N) is 2. The van der Waals surface area contributed by atoms with Crippen LogP contribution in [0.25, 0.3) is 0 Å². The van der Waals surface area contributed by atoms with Crippen LogP contribution in [0.15, 0.2) is 24.3 Å². The van der Waals surface area contributed by atoms with Gasteiger partial charge in [-0.1, -0.05) is 12.1 Å². The van der Waals surface area contributed by atoms with Crippen LogP contribution in [0.3, 0.4) is 0 Å². The molecular weight excluding hydrogens is 321 g/mol. The van der Waals surface area contributed by atoms with Crippen LogP contribution >= 0.6 is 0 Å². The summed E-state index contributed by atoms with van der Waals surface area (Å²) < 4.78 is 38.9. The fourth-order valence-corrected chi connectivity index (χ4v) is 2.68. The average molecular weight is 342 g/mol. The van der Waals surface area contributed by atoms with Gasteiger partial charge < -0.3 is 10.6 Å². The molecule has 0 spiro atoms. The Balaban J connectivity index is 2.35. The Kier molecular flexibility index (Phi) is 4.92. The van der Waals surface area contributed by atoms with Gasteiger partial charge in [0.1, 0.15) is 5.54 Å². The van der Waals surface area contributed by atoms with Crippen molar-refractivity contribution in [3.05, 3.63) is 35.4 Å². The van der Waals surface area contributed by atoms with E-state index in [-0.39, 0.29) is 11.6 Å². The highest BCUT2D eigenvalue weighted by Gasteiger charge is 2.40. The zero-order valence-electron chi connectivity index (χ0n) is 13.8. The summed E-state index contributed by atoms with van der Waals surface area (Å²) >= 11 is 0. The number of rotatable bonds is 5. The van der Waals surface area contributed by atoms with Gasteiger partial charge in [-0.2, -0.15) is 13.2 Å². The second-order valence-electron chi connectivity index (χ2n) is 6.48. The van der Waals surface area contributed by atoms with E-state index in [2.05, 4.69) is 10.6 Å². The minimum absolute atomic E-state index is 0.0867. The molecule has 2 N–H and O–H groups in total. The lowest BCUT2D eigenvalue weighted by atomic mass is 9.89. The van der Waals surface area contributed by atoms with E-state index >= 15 is 0 Å². The predicted octanol–water partition coefficient (Wildman–Crippen LogP) is 2.97. The average Bonchev–Trinajstić information content (AvgIpc) is 3.30. The SMILES string of the molecule is CC(=O)N[C@@](C)(C(=O)N[C@H](C)C1CC1)c1cccc(C(F)(F)F)c1. The van der Waals surface area contributed by atoms with Crippen LogP contribution in [-0.2, 0) is 21.3 Å². The smallest absolute Gasteiger partial charge is 0.351 e. The number of halogens is 3. The fraction of sp³-hybridized carbons (Fsp3) is 0.529. The third-order valence-corrected chi connectivity index (χ3v) is 4.34. The van der Waals surface area contributed by atoms with Crippen LogP contribution in [0.5, 0.6) is 0 Å². The lowest BCUT2D eigenvalue weighted by molar-refractivity contribution is -0.138. The van der Waals surface area contributed by atoms with Crippen molar-refractivity contribution >= 4 is 11.8 Å². The summed E-state index contributed by atoms with van der Waals surface area (Å²) in [5, 5.41) is 5.31. The number of alkyl halides is 3. The summed E-state index contributed by atoms with van der Waals surface area (Å²) in [7, 11) is 0. The normalized spacial score (nSPS) is 18.4. The minimum atomic E-state index is -4.52. The van der Waals surface area contributed by atoms with Gasteiger partial charge >= 0.3 is 6.18 Å². The molecule has 132 valence electrons. The first-order valence-electron chi connectivity index (χ1n) is 7.81. The molecule has 1 saturated carbocycles. The van der Waals surface area contributed by atoms with Gasteiger partial charge in [0, 0.05) is 13.0 Å². The molecule has 0 unspecified atom stereocenters. The first-order valence-corrected chi connectivity index (χ1v) is 7.81. The van der Waals surface area contributed by atoms with E-state index in [1.165, 1.54) is 26.0 Å². The number of amides is 2. The van der Waals surface area contributed by atoms with E-state index in [4.69, 9.17) is 0 Å². The van der Waals surface area contributed by atoms with E-state index in [1.54, 1.807) is 0 Å². The molecule has 24 heavy (non-hydrogen) atoms. The topological polar surface area (TPSA) is 58.2 Å². The molecule has 0 saturated heterocycles. The summed E-state index contributed by atoms with van der Waals surface area (Å²) in [6.45, 7) is 4.50. The Morgan fingerprint density at radius 2 is 1.79 bits per heavy atom. The van der Waals surface area contributed by atoms with Crippen LogP contribution in [-0.4, -0.2) is 17.9 Å². The van der Waals surface area contributed by atoms with Crippen molar-refractivity contribution < 1.29 is 22.8 Å². The standard InChI is InChI=1S/C17H21F3N2O2/c1-10(12-7-8-12)21-15(24)16(3,22-11(2)23)13-5-4-6-14(9-13)17(18,19)20/h4-6,9-10,12H,7-8H2,1-3H3,(H,21,24)(H,22,23)/t10-,16-/m1/s1. The van der Waals surface area contributed by atoms with E-state index in [0.717, 1.165) is 25.0 Å². The third kappa shape index (κ3) is 4.07. The second kappa shape index (κ2) is 6.45. The van der Waals surface area contributed by atoms with Gasteiger partial charge in [-0.05, 0) is 50.3 Å². The van der Waals surface area contributed by atoms with Crippen molar-refractivity contribution in [1.29, 1.82) is 0 Å². The zero-order valence-corrected chi connectivity index (χ0v) is 13.8. The molecule has 1 aromatic carbocycles. The maximum Gasteiger partial charge on any atom is 0.416 e. The predicted molar refractivity (Wildman–Crippen MR) is 82.9 cm³/mol. The van der Waals surface area contributed by atoms with Gasteiger partial charge in [0.2, 0.25) is 11.8 Å². The fourth-order valence-electron chi connectivity index (χ4n) is 2.68. The molecule has 1 aliphatic rings. The molecule has 2 atom stereocenters. The van der Waals surface area contributed by atoms with Crippen LogP contribution in [0, 0.1) is 5.92 Å². The Morgan fingerprint density at radius 3 is 2.29 bits per heavy atom. The number of hydrogen-bond donors (Lipinski definition) is 2. The molecule has 2 amide bonds. The molecule has 0 radical (unpaired) electrons. The minimum Gasteiger partial charge on any atom is -0.351 e. The molecule has 0 aromatic heterocycles. The molecule has 0 aliphatic heterocycles. The zero-order chi connectivity index (χ0) is 18.1. The maximum atomic E-state index is 13.0. The molecule has 1 fully saturated rings. The van der Waals surface area contributed by atoms with Crippen LogP contribution in [0.4, 0.5) is 13.2 Å². The highest BCUT2D eigenvalue weighted by Crippen LogP contribution is 2.34. The van der Waals surface area contributed by atoms with Crippen molar-refractivity contribution in [2.24, 2.45) is 5.92 Å². The number of carbonyl (C=O) groups is 2. The largest absolute Gasteiger partial charge is 0.416 e. The van der Waals surface area contributed by atoms with E-state index in [9.17, 15) is 22.8 Å². The summed E-state index contributed by atoms with van der Waals surface area (Å²) in [6, 6.07) is 4.39. The molecule has 7 heteroatoms. The van der Waals surface area contributed by atoms with Crippen molar-refractivity contribution in [2.45, 2.75) is 51.4 Å². The molecule has 0 heterocycles. The highest BCUT2D eigenvalue weighted by atomic mass is 19.4. The Labute approximate surface area is 138 Å². The van der Waals surface area contributed by atoms with Crippen molar-refractivity contribution in [3.63, 3.8) is 0 Å². The Bertz CT molecular complexity index is 641. The summed E-state index contributed by atoms with van der Waals surface area (Å²) in [6.07, 6.45) is -2.49. The maximum absolute atomic E-state index is 13.0. The van der Waals surface area contributed by atoms with Gasteiger partial charge in [-0.25, -0.2) is 0 Å². The molecule has 4 nitrogen and oxygen atoms in total. The van der Waals surface area contributed by atoms with E-state index in [0.29, 0.717) is 5.92 Å². The van der Waals surface area contributed by atoms with E-state index < -0.39 is 29.1 Å². The Hall–Kier alpha value is -2.05. The molecule has 2 rings (SSSR count). The van der Waals surface area contributed by atoms with Crippen molar-refractivity contribution in [2.75, 3.05) is 0 Å². The summed E-state index contributed by atoms with van der Waals surface area (Å²) in [4.78, 5) is 24.2. The second-order valence-corrected chi connectivity index (χ2v) is 6.48. The molecular formula is C17H21F3N2O2. The number of hydrogen-bond acceptors (Lipinski definition) is 2. The van der Waals surface area contributed by atoms with E-state index in [1.807, 2.05) is 6.92 Å². The first-order chi connectivity index (χ1) is 11.0. The monoisotopic (exact) mass is 342 g/mol. The summed E-state index contributed by atoms with van der Waals surface area (Å²) in [5.41, 5.74) is -2.34. The lowest BCUT2D eigenvalue weighted by Crippen LogP contribution is -2.55. The van der Waals surface area contributed by atoms with Gasteiger partial charge in [0.25, 0.3) is 0 Å². The number of carbonyl (C=O) groups excluding carboxylic acids is 2. The van der Waals surface area contributed by atoms with Gasteiger partial charge in [-0.3, -0.25) is 9.59 Å². The van der Waals surface area contributed by atoms with Gasteiger partial charge in [-0.15, -0.1) is 0 Å². The van der Waals surface area contributed by atoms with Crippen LogP contribution in [0.2, 0.25) is 0 Å². The van der Waals surface area contributed by atoms with Crippen LogP contribution < -0.4 is 10.6 Å².